The topological polar surface area (TPSA) is 96.3 Å². The normalized spacial score (nSPS) is 23.1. The van der Waals surface area contributed by atoms with Crippen LogP contribution in [0.2, 0.25) is 0 Å². The number of amides is 4. The third-order valence-corrected chi connectivity index (χ3v) is 7.00. The van der Waals surface area contributed by atoms with Crippen molar-refractivity contribution in [2.24, 2.45) is 11.3 Å². The van der Waals surface area contributed by atoms with Gasteiger partial charge in [-0.3, -0.25) is 14.5 Å². The minimum absolute atomic E-state index is 0.185. The van der Waals surface area contributed by atoms with Gasteiger partial charge >= 0.3 is 6.03 Å². The number of nitrogens with zero attached hydrogens (tertiary/aromatic N) is 3. The van der Waals surface area contributed by atoms with E-state index in [2.05, 4.69) is 36.5 Å². The van der Waals surface area contributed by atoms with E-state index in [-0.39, 0.29) is 23.8 Å². The third kappa shape index (κ3) is 4.94. The second kappa shape index (κ2) is 9.00. The Hall–Kier alpha value is -3.16. The van der Waals surface area contributed by atoms with Crippen molar-refractivity contribution in [3.63, 3.8) is 0 Å². The van der Waals surface area contributed by atoms with E-state index in [1.54, 1.807) is 10.9 Å². The first kappa shape index (κ1) is 23.0. The van der Waals surface area contributed by atoms with E-state index in [1.807, 2.05) is 36.5 Å². The molecule has 1 spiro atoms. The van der Waals surface area contributed by atoms with Crippen molar-refractivity contribution >= 4 is 17.8 Å². The number of rotatable bonds is 6. The fourth-order valence-corrected chi connectivity index (χ4v) is 4.89. The largest absolute Gasteiger partial charge is 0.354 e. The Labute approximate surface area is 194 Å². The fraction of sp³-hybridized carbons (Fsp3) is 0.520. The minimum atomic E-state index is -0.842. The summed E-state index contributed by atoms with van der Waals surface area (Å²) < 4.78 is 1.79. The van der Waals surface area contributed by atoms with E-state index >= 15 is 0 Å². The minimum Gasteiger partial charge on any atom is -0.354 e. The van der Waals surface area contributed by atoms with Gasteiger partial charge in [0.2, 0.25) is 5.91 Å². The first-order chi connectivity index (χ1) is 15.7. The van der Waals surface area contributed by atoms with Crippen LogP contribution in [0.4, 0.5) is 4.79 Å². The molecule has 33 heavy (non-hydrogen) atoms. The summed E-state index contributed by atoms with van der Waals surface area (Å²) in [5.41, 5.74) is 1.30. The molecule has 0 bridgehead atoms. The smallest absolute Gasteiger partial charge is 0.325 e. The quantitative estimate of drug-likeness (QED) is 0.660. The number of hydrogen-bond acceptors (Lipinski definition) is 4. The summed E-state index contributed by atoms with van der Waals surface area (Å²) in [4.78, 5) is 39.1. The number of para-hydroxylation sites is 1. The number of nitrogens with one attached hydrogen (secondary N) is 2. The molecule has 2 heterocycles. The molecule has 1 saturated heterocycles. The molecular weight excluding hydrogens is 418 g/mol. The molecule has 1 aliphatic heterocycles. The summed E-state index contributed by atoms with van der Waals surface area (Å²) >= 11 is 0. The lowest BCUT2D eigenvalue weighted by Crippen LogP contribution is -2.51. The number of imide groups is 1. The van der Waals surface area contributed by atoms with Crippen LogP contribution in [0.15, 0.2) is 42.7 Å². The zero-order valence-corrected chi connectivity index (χ0v) is 19.6. The van der Waals surface area contributed by atoms with Crippen molar-refractivity contribution in [3.8, 4) is 5.69 Å². The van der Waals surface area contributed by atoms with Crippen LogP contribution >= 0.6 is 0 Å². The SMILES string of the molecule is CC(C)(C)C1CCC2(CC1)NC(=O)N(CC(=O)NCCc1cnn(-c3ccccc3)c1)C2=O. The maximum absolute atomic E-state index is 13.1. The lowest BCUT2D eigenvalue weighted by molar-refractivity contribution is -0.136. The number of urea groups is 1. The van der Waals surface area contributed by atoms with Gasteiger partial charge in [0, 0.05) is 12.7 Å². The molecule has 2 aromatic rings. The molecular formula is C25H33N5O3. The van der Waals surface area contributed by atoms with E-state index in [4.69, 9.17) is 0 Å². The highest BCUT2D eigenvalue weighted by Gasteiger charge is 2.53. The first-order valence-electron chi connectivity index (χ1n) is 11.7. The Morgan fingerprint density at radius 1 is 1.18 bits per heavy atom. The Morgan fingerprint density at radius 3 is 2.55 bits per heavy atom. The summed E-state index contributed by atoms with van der Waals surface area (Å²) in [5.74, 6) is -0.0788. The molecule has 4 rings (SSSR count). The molecule has 2 aliphatic rings. The number of benzene rings is 1. The van der Waals surface area contributed by atoms with Gasteiger partial charge < -0.3 is 10.6 Å². The first-order valence-corrected chi connectivity index (χ1v) is 11.7. The summed E-state index contributed by atoms with van der Waals surface area (Å²) in [6.07, 6.45) is 7.35. The third-order valence-electron chi connectivity index (χ3n) is 7.00. The highest BCUT2D eigenvalue weighted by Crippen LogP contribution is 2.43. The van der Waals surface area contributed by atoms with Crippen LogP contribution < -0.4 is 10.6 Å². The van der Waals surface area contributed by atoms with Gasteiger partial charge in [-0.15, -0.1) is 0 Å². The van der Waals surface area contributed by atoms with Crippen LogP contribution in [-0.2, 0) is 16.0 Å². The zero-order valence-electron chi connectivity index (χ0n) is 19.6. The second-order valence-corrected chi connectivity index (χ2v) is 10.3. The van der Waals surface area contributed by atoms with E-state index < -0.39 is 11.6 Å². The van der Waals surface area contributed by atoms with Crippen LogP contribution in [-0.4, -0.2) is 51.2 Å². The fourth-order valence-electron chi connectivity index (χ4n) is 4.89. The predicted octanol–water partition coefficient (Wildman–Crippen LogP) is 3.06. The molecule has 1 aliphatic carbocycles. The van der Waals surface area contributed by atoms with Gasteiger partial charge in [-0.05, 0) is 61.1 Å². The van der Waals surface area contributed by atoms with E-state index in [9.17, 15) is 14.4 Å². The van der Waals surface area contributed by atoms with Gasteiger partial charge in [0.25, 0.3) is 5.91 Å². The average molecular weight is 452 g/mol. The summed E-state index contributed by atoms with van der Waals surface area (Å²) in [6.45, 7) is 6.80. The van der Waals surface area contributed by atoms with Crippen molar-refractivity contribution in [1.82, 2.24) is 25.3 Å². The molecule has 4 amide bonds. The number of hydrogen-bond donors (Lipinski definition) is 2. The van der Waals surface area contributed by atoms with Gasteiger partial charge in [-0.2, -0.15) is 5.10 Å². The summed E-state index contributed by atoms with van der Waals surface area (Å²) in [7, 11) is 0. The van der Waals surface area contributed by atoms with Crippen LogP contribution in [0.25, 0.3) is 5.69 Å². The standard InChI is InChI=1S/C25H33N5O3/c1-24(2,3)19-9-12-25(13-10-19)22(32)29(23(33)28-25)17-21(31)26-14-11-18-15-27-30(16-18)20-7-5-4-6-8-20/h4-8,15-16,19H,9-14,17H2,1-3H3,(H,26,31)(H,28,33). The van der Waals surface area contributed by atoms with Gasteiger partial charge in [0.05, 0.1) is 11.9 Å². The van der Waals surface area contributed by atoms with Gasteiger partial charge in [-0.1, -0.05) is 39.0 Å². The monoisotopic (exact) mass is 451 g/mol. The van der Waals surface area contributed by atoms with Crippen LogP contribution in [0.5, 0.6) is 0 Å². The molecule has 1 saturated carbocycles. The molecule has 8 nitrogen and oxygen atoms in total. The Bertz CT molecular complexity index is 1020. The average Bonchev–Trinajstić information content (AvgIpc) is 3.33. The van der Waals surface area contributed by atoms with Crippen LogP contribution in [0, 0.1) is 11.3 Å². The van der Waals surface area contributed by atoms with Crippen molar-refractivity contribution in [2.75, 3.05) is 13.1 Å². The molecule has 0 radical (unpaired) electrons. The number of carbonyl (C=O) groups is 3. The number of carbonyl (C=O) groups excluding carboxylic acids is 3. The van der Waals surface area contributed by atoms with Crippen molar-refractivity contribution in [2.45, 2.75) is 58.4 Å². The lowest BCUT2D eigenvalue weighted by atomic mass is 9.67. The van der Waals surface area contributed by atoms with Gasteiger partial charge in [0.15, 0.2) is 0 Å². The molecule has 176 valence electrons. The van der Waals surface area contributed by atoms with E-state index in [0.717, 1.165) is 29.0 Å². The highest BCUT2D eigenvalue weighted by atomic mass is 16.2. The Morgan fingerprint density at radius 2 is 1.88 bits per heavy atom. The Kier molecular flexibility index (Phi) is 6.28. The molecule has 2 fully saturated rings. The van der Waals surface area contributed by atoms with Crippen molar-refractivity contribution < 1.29 is 14.4 Å². The maximum Gasteiger partial charge on any atom is 0.325 e. The van der Waals surface area contributed by atoms with Gasteiger partial charge in [-0.25, -0.2) is 9.48 Å². The molecule has 0 unspecified atom stereocenters. The molecule has 1 aromatic carbocycles. The predicted molar refractivity (Wildman–Crippen MR) is 125 cm³/mol. The van der Waals surface area contributed by atoms with E-state index in [1.165, 1.54) is 0 Å². The molecule has 8 heteroatoms. The highest BCUT2D eigenvalue weighted by molar-refractivity contribution is 6.09. The summed E-state index contributed by atoms with van der Waals surface area (Å²) in [5, 5.41) is 10.1. The number of aromatic nitrogens is 2. The zero-order chi connectivity index (χ0) is 23.6. The summed E-state index contributed by atoms with van der Waals surface area (Å²) in [6, 6.07) is 9.33. The molecule has 2 N–H and O–H groups in total. The molecule has 1 aromatic heterocycles. The van der Waals surface area contributed by atoms with Crippen molar-refractivity contribution in [1.29, 1.82) is 0 Å². The molecule has 0 atom stereocenters. The van der Waals surface area contributed by atoms with Crippen LogP contribution in [0.1, 0.15) is 52.0 Å². The van der Waals surface area contributed by atoms with Crippen LogP contribution in [0.3, 0.4) is 0 Å². The Balaban J connectivity index is 1.26. The maximum atomic E-state index is 13.1. The van der Waals surface area contributed by atoms with E-state index in [0.29, 0.717) is 31.7 Å². The lowest BCUT2D eigenvalue weighted by Gasteiger charge is -2.40. The van der Waals surface area contributed by atoms with Gasteiger partial charge in [0.1, 0.15) is 12.1 Å². The van der Waals surface area contributed by atoms with Crippen molar-refractivity contribution in [3.05, 3.63) is 48.3 Å². The second-order valence-electron chi connectivity index (χ2n) is 10.3.